The van der Waals surface area contributed by atoms with E-state index in [4.69, 9.17) is 4.74 Å². The minimum Gasteiger partial charge on any atom is -0.489 e. The number of carbonyl (C=O) groups excluding carboxylic acids is 1. The lowest BCUT2D eigenvalue weighted by molar-refractivity contribution is -0.112. The van der Waals surface area contributed by atoms with Crippen LogP contribution in [0.1, 0.15) is 11.1 Å². The van der Waals surface area contributed by atoms with E-state index in [-0.39, 0.29) is 5.57 Å². The zero-order valence-electron chi connectivity index (χ0n) is 18.9. The summed E-state index contributed by atoms with van der Waals surface area (Å²) < 4.78 is 6.04. The number of nitrogens with zero attached hydrogens (tertiary/aromatic N) is 1. The first-order valence-corrected chi connectivity index (χ1v) is 11.3. The number of hydrogen-bond donors (Lipinski definition) is 1. The average molecular weight is 455 g/mol. The highest BCUT2D eigenvalue weighted by Gasteiger charge is 2.10. The summed E-state index contributed by atoms with van der Waals surface area (Å²) in [5, 5.41) is 16.9. The molecule has 0 saturated carbocycles. The first kappa shape index (κ1) is 21.9. The van der Waals surface area contributed by atoms with Gasteiger partial charge in [0, 0.05) is 5.69 Å². The second-order valence-electron chi connectivity index (χ2n) is 8.19. The lowest BCUT2D eigenvalue weighted by Gasteiger charge is -2.10. The van der Waals surface area contributed by atoms with Gasteiger partial charge >= 0.3 is 0 Å². The van der Waals surface area contributed by atoms with E-state index in [1.807, 2.05) is 91.0 Å². The second kappa shape index (κ2) is 9.94. The lowest BCUT2D eigenvalue weighted by atomic mass is 10.1. The first-order chi connectivity index (χ1) is 17.2. The first-order valence-electron chi connectivity index (χ1n) is 11.3. The van der Waals surface area contributed by atoms with Gasteiger partial charge in [-0.2, -0.15) is 5.26 Å². The van der Waals surface area contributed by atoms with Crippen molar-refractivity contribution in [3.05, 3.63) is 126 Å². The fraction of sp³-hybridized carbons (Fsp3) is 0.0323. The molecule has 0 radical (unpaired) electrons. The van der Waals surface area contributed by atoms with Gasteiger partial charge in [0.15, 0.2) is 0 Å². The van der Waals surface area contributed by atoms with Gasteiger partial charge in [-0.05, 0) is 63.0 Å². The molecule has 0 aliphatic heterocycles. The summed E-state index contributed by atoms with van der Waals surface area (Å²) >= 11 is 0. The largest absolute Gasteiger partial charge is 0.489 e. The molecule has 1 amide bonds. The highest BCUT2D eigenvalue weighted by molar-refractivity contribution is 6.10. The zero-order valence-corrected chi connectivity index (χ0v) is 18.9. The summed E-state index contributed by atoms with van der Waals surface area (Å²) in [6.07, 6.45) is 1.57. The summed E-state index contributed by atoms with van der Waals surface area (Å²) in [4.78, 5) is 12.8. The van der Waals surface area contributed by atoms with Gasteiger partial charge in [0.2, 0.25) is 0 Å². The van der Waals surface area contributed by atoms with Crippen LogP contribution in [0.4, 0.5) is 5.69 Å². The smallest absolute Gasteiger partial charge is 0.266 e. The number of anilines is 1. The van der Waals surface area contributed by atoms with E-state index in [9.17, 15) is 10.1 Å². The van der Waals surface area contributed by atoms with Crippen molar-refractivity contribution in [3.8, 4) is 11.8 Å². The molecule has 0 unspecified atom stereocenters. The second-order valence-corrected chi connectivity index (χ2v) is 8.19. The van der Waals surface area contributed by atoms with Crippen LogP contribution in [-0.4, -0.2) is 5.91 Å². The van der Waals surface area contributed by atoms with Crippen molar-refractivity contribution in [1.82, 2.24) is 0 Å². The van der Waals surface area contributed by atoms with Crippen LogP contribution < -0.4 is 10.1 Å². The minimum atomic E-state index is -0.454. The maximum Gasteiger partial charge on any atom is 0.266 e. The van der Waals surface area contributed by atoms with Crippen LogP contribution in [0, 0.1) is 11.3 Å². The Morgan fingerprint density at radius 1 is 0.800 bits per heavy atom. The molecule has 5 aromatic carbocycles. The molecular formula is C31H22N2O2. The number of fused-ring (bicyclic) bond motifs is 2. The monoisotopic (exact) mass is 454 g/mol. The number of rotatable bonds is 6. The normalized spacial score (nSPS) is 11.2. The number of nitriles is 1. The Hall–Kier alpha value is -4.88. The molecule has 0 bridgehead atoms. The molecular weight excluding hydrogens is 432 g/mol. The summed E-state index contributed by atoms with van der Waals surface area (Å²) in [7, 11) is 0. The maximum absolute atomic E-state index is 12.8. The zero-order chi connectivity index (χ0) is 24.0. The number of hydrogen-bond acceptors (Lipinski definition) is 3. The Balaban J connectivity index is 1.31. The fourth-order valence-corrected chi connectivity index (χ4v) is 4.05. The van der Waals surface area contributed by atoms with Crippen molar-refractivity contribution in [2.24, 2.45) is 0 Å². The molecule has 0 aromatic heterocycles. The molecule has 1 N–H and O–H groups in total. The maximum atomic E-state index is 12.8. The predicted octanol–water partition coefficient (Wildman–Crippen LogP) is 7.12. The van der Waals surface area contributed by atoms with Crippen LogP contribution in [-0.2, 0) is 11.4 Å². The van der Waals surface area contributed by atoms with Crippen LogP contribution in [0.5, 0.6) is 5.75 Å². The molecule has 168 valence electrons. The Morgan fingerprint density at radius 2 is 1.54 bits per heavy atom. The third kappa shape index (κ3) is 5.05. The summed E-state index contributed by atoms with van der Waals surface area (Å²) in [5.74, 6) is 0.212. The van der Waals surface area contributed by atoms with E-state index in [0.29, 0.717) is 23.6 Å². The molecule has 0 fully saturated rings. The van der Waals surface area contributed by atoms with Gasteiger partial charge in [0.1, 0.15) is 24.0 Å². The number of nitrogens with one attached hydrogen (secondary N) is 1. The van der Waals surface area contributed by atoms with Crippen molar-refractivity contribution in [2.45, 2.75) is 6.61 Å². The molecule has 0 spiro atoms. The molecule has 0 aliphatic carbocycles. The van der Waals surface area contributed by atoms with E-state index in [1.54, 1.807) is 6.08 Å². The van der Waals surface area contributed by atoms with Crippen LogP contribution >= 0.6 is 0 Å². The van der Waals surface area contributed by atoms with Gasteiger partial charge in [-0.25, -0.2) is 0 Å². The Bertz CT molecular complexity index is 1610. The van der Waals surface area contributed by atoms with E-state index in [2.05, 4.69) is 29.6 Å². The molecule has 0 saturated heterocycles. The van der Waals surface area contributed by atoms with E-state index in [0.717, 1.165) is 21.7 Å². The predicted molar refractivity (Wildman–Crippen MR) is 141 cm³/mol. The third-order valence-corrected chi connectivity index (χ3v) is 5.82. The molecule has 0 atom stereocenters. The highest BCUT2D eigenvalue weighted by atomic mass is 16.5. The molecule has 4 heteroatoms. The van der Waals surface area contributed by atoms with Crippen LogP contribution in [0.2, 0.25) is 0 Å². The Morgan fingerprint density at radius 3 is 2.40 bits per heavy atom. The van der Waals surface area contributed by atoms with E-state index in [1.165, 1.54) is 5.39 Å². The average Bonchev–Trinajstić information content (AvgIpc) is 2.90. The standard InChI is InChI=1S/C31H22N2O2/c32-20-27(31(34)33-28-16-15-23-8-1-2-10-25(23)19-28)17-22-7-5-13-29(18-22)35-21-26-12-6-11-24-9-3-4-14-30(24)26/h1-19H,21H2,(H,33,34)/b27-17+. The summed E-state index contributed by atoms with van der Waals surface area (Å²) in [6, 6.07) is 37.3. The Kier molecular flexibility index (Phi) is 6.23. The van der Waals surface area contributed by atoms with Gasteiger partial charge < -0.3 is 10.1 Å². The van der Waals surface area contributed by atoms with Crippen LogP contribution in [0.25, 0.3) is 27.6 Å². The number of carbonyl (C=O) groups is 1. The highest BCUT2D eigenvalue weighted by Crippen LogP contribution is 2.23. The van der Waals surface area contributed by atoms with Gasteiger partial charge in [0.05, 0.1) is 0 Å². The Labute approximate surface area is 203 Å². The molecule has 4 nitrogen and oxygen atoms in total. The summed E-state index contributed by atoms with van der Waals surface area (Å²) in [5.41, 5.74) is 2.47. The number of ether oxygens (including phenoxy) is 1. The van der Waals surface area contributed by atoms with Crippen molar-refractivity contribution >= 4 is 39.2 Å². The fourth-order valence-electron chi connectivity index (χ4n) is 4.05. The quantitative estimate of drug-likeness (QED) is 0.219. The third-order valence-electron chi connectivity index (χ3n) is 5.82. The van der Waals surface area contributed by atoms with Crippen LogP contribution in [0.3, 0.4) is 0 Å². The number of amides is 1. The van der Waals surface area contributed by atoms with Crippen LogP contribution in [0.15, 0.2) is 115 Å². The van der Waals surface area contributed by atoms with Gasteiger partial charge in [-0.1, -0.05) is 84.9 Å². The molecule has 5 rings (SSSR count). The topological polar surface area (TPSA) is 62.1 Å². The number of benzene rings is 5. The molecule has 0 heterocycles. The van der Waals surface area contributed by atoms with Gasteiger partial charge in [-0.3, -0.25) is 4.79 Å². The van der Waals surface area contributed by atoms with Crippen molar-refractivity contribution in [2.75, 3.05) is 5.32 Å². The molecule has 0 aliphatic rings. The van der Waals surface area contributed by atoms with Crippen molar-refractivity contribution in [1.29, 1.82) is 5.26 Å². The summed E-state index contributed by atoms with van der Waals surface area (Å²) in [6.45, 7) is 0.419. The lowest BCUT2D eigenvalue weighted by Crippen LogP contribution is -2.13. The van der Waals surface area contributed by atoms with E-state index < -0.39 is 5.91 Å². The van der Waals surface area contributed by atoms with Gasteiger partial charge in [-0.15, -0.1) is 0 Å². The van der Waals surface area contributed by atoms with Crippen molar-refractivity contribution in [3.63, 3.8) is 0 Å². The van der Waals surface area contributed by atoms with Crippen molar-refractivity contribution < 1.29 is 9.53 Å². The molecule has 5 aromatic rings. The minimum absolute atomic E-state index is 0.0179. The van der Waals surface area contributed by atoms with Gasteiger partial charge in [0.25, 0.3) is 5.91 Å². The van der Waals surface area contributed by atoms with E-state index >= 15 is 0 Å². The SMILES string of the molecule is N#C/C(=C\c1cccc(OCc2cccc3ccccc23)c1)C(=O)Nc1ccc2ccccc2c1. The molecule has 35 heavy (non-hydrogen) atoms.